The summed E-state index contributed by atoms with van der Waals surface area (Å²) in [4.78, 5) is 3.71. The van der Waals surface area contributed by atoms with Gasteiger partial charge in [-0.1, -0.05) is 5.21 Å². The number of hydrogen-bond donors (Lipinski definition) is 3. The number of nitrogens with two attached hydrogens (primary N) is 1. The third kappa shape index (κ3) is 2.54. The molecule has 0 spiro atoms. The fourth-order valence-corrected chi connectivity index (χ4v) is 2.15. The molecule has 90 valence electrons. The highest BCUT2D eigenvalue weighted by Gasteiger charge is 2.18. The maximum absolute atomic E-state index is 11.8. The van der Waals surface area contributed by atoms with Gasteiger partial charge in [-0.2, -0.15) is 5.21 Å². The second-order valence-corrected chi connectivity index (χ2v) is 4.73. The molecule has 0 unspecified atom stereocenters. The SMILES string of the molecule is Nc1cccnc1S(=O)(=O)NCc1nn[nH]n1. The van der Waals surface area contributed by atoms with E-state index in [0.29, 0.717) is 0 Å². The van der Waals surface area contributed by atoms with Crippen molar-refractivity contribution in [3.05, 3.63) is 24.2 Å². The minimum absolute atomic E-state index is 0.0770. The Morgan fingerprint density at radius 3 is 2.94 bits per heavy atom. The number of rotatable bonds is 4. The molecule has 0 bridgehead atoms. The van der Waals surface area contributed by atoms with Gasteiger partial charge in [-0.15, -0.1) is 10.2 Å². The van der Waals surface area contributed by atoms with Crippen molar-refractivity contribution < 1.29 is 8.42 Å². The Labute approximate surface area is 96.5 Å². The van der Waals surface area contributed by atoms with Gasteiger partial charge in [0.05, 0.1) is 12.2 Å². The van der Waals surface area contributed by atoms with Gasteiger partial charge in [-0.05, 0) is 12.1 Å². The van der Waals surface area contributed by atoms with Crippen LogP contribution in [0.5, 0.6) is 0 Å². The van der Waals surface area contributed by atoms with Crippen LogP contribution in [0.25, 0.3) is 0 Å². The summed E-state index contributed by atoms with van der Waals surface area (Å²) in [5.74, 6) is 0.225. The van der Waals surface area contributed by atoms with Crippen molar-refractivity contribution in [1.29, 1.82) is 0 Å². The fourth-order valence-electron chi connectivity index (χ4n) is 1.11. The molecule has 0 aliphatic heterocycles. The van der Waals surface area contributed by atoms with Crippen molar-refractivity contribution in [3.8, 4) is 0 Å². The van der Waals surface area contributed by atoms with E-state index in [9.17, 15) is 8.42 Å². The first kappa shape index (κ1) is 11.4. The second-order valence-electron chi connectivity index (χ2n) is 3.05. The number of tetrazole rings is 1. The monoisotopic (exact) mass is 255 g/mol. The summed E-state index contributed by atoms with van der Waals surface area (Å²) in [6.07, 6.45) is 1.35. The molecule has 4 N–H and O–H groups in total. The van der Waals surface area contributed by atoms with Crippen molar-refractivity contribution >= 4 is 15.7 Å². The van der Waals surface area contributed by atoms with Crippen molar-refractivity contribution in [2.45, 2.75) is 11.6 Å². The molecule has 0 fully saturated rings. The Kier molecular flexibility index (Phi) is 2.97. The molecule has 0 atom stereocenters. The molecule has 2 aromatic heterocycles. The highest BCUT2D eigenvalue weighted by molar-refractivity contribution is 7.89. The number of sulfonamides is 1. The van der Waals surface area contributed by atoms with Crippen LogP contribution in [-0.4, -0.2) is 34.0 Å². The number of anilines is 1. The zero-order valence-corrected chi connectivity index (χ0v) is 9.35. The Morgan fingerprint density at radius 1 is 1.47 bits per heavy atom. The quantitative estimate of drug-likeness (QED) is 0.613. The van der Waals surface area contributed by atoms with Crippen molar-refractivity contribution in [2.75, 3.05) is 5.73 Å². The van der Waals surface area contributed by atoms with Gasteiger partial charge in [0.2, 0.25) is 0 Å². The zero-order chi connectivity index (χ0) is 12.3. The van der Waals surface area contributed by atoms with Gasteiger partial charge < -0.3 is 5.73 Å². The average Bonchev–Trinajstić information content (AvgIpc) is 2.80. The topological polar surface area (TPSA) is 140 Å². The summed E-state index contributed by atoms with van der Waals surface area (Å²) in [6.45, 7) is -0.0884. The van der Waals surface area contributed by atoms with E-state index in [1.54, 1.807) is 6.07 Å². The molecule has 10 heteroatoms. The standard InChI is InChI=1S/C7H9N7O2S/c8-5-2-1-3-9-7(5)17(15,16)10-4-6-11-13-14-12-6/h1-3,10H,4,8H2,(H,11,12,13,14). The third-order valence-electron chi connectivity index (χ3n) is 1.86. The van der Waals surface area contributed by atoms with Gasteiger partial charge in [0.25, 0.3) is 10.0 Å². The number of H-pyrrole nitrogens is 1. The average molecular weight is 255 g/mol. The van der Waals surface area contributed by atoms with E-state index in [2.05, 4.69) is 30.3 Å². The number of nitrogens with zero attached hydrogens (tertiary/aromatic N) is 4. The van der Waals surface area contributed by atoms with Crippen LogP contribution < -0.4 is 10.5 Å². The minimum atomic E-state index is -3.77. The second kappa shape index (κ2) is 4.43. The molecule has 0 aromatic carbocycles. The summed E-state index contributed by atoms with van der Waals surface area (Å²) in [7, 11) is -3.77. The number of nitrogen functional groups attached to an aromatic ring is 1. The maximum Gasteiger partial charge on any atom is 0.260 e. The van der Waals surface area contributed by atoms with Crippen LogP contribution >= 0.6 is 0 Å². The molecular weight excluding hydrogens is 246 g/mol. The van der Waals surface area contributed by atoms with Crippen LogP contribution in [0.2, 0.25) is 0 Å². The van der Waals surface area contributed by atoms with Crippen LogP contribution in [0.1, 0.15) is 5.82 Å². The Balaban J connectivity index is 2.17. The molecule has 0 aliphatic carbocycles. The molecule has 0 saturated heterocycles. The first-order valence-electron chi connectivity index (χ1n) is 4.52. The van der Waals surface area contributed by atoms with Crippen LogP contribution in [-0.2, 0) is 16.6 Å². The molecule has 9 nitrogen and oxygen atoms in total. The predicted octanol–water partition coefficient (Wildman–Crippen LogP) is -1.34. The number of aromatic nitrogens is 5. The van der Waals surface area contributed by atoms with E-state index in [1.807, 2.05) is 0 Å². The summed E-state index contributed by atoms with van der Waals surface area (Å²) in [6, 6.07) is 3.00. The van der Waals surface area contributed by atoms with Crippen LogP contribution in [0.15, 0.2) is 23.4 Å². The van der Waals surface area contributed by atoms with Crippen molar-refractivity contribution in [2.24, 2.45) is 0 Å². The summed E-state index contributed by atoms with van der Waals surface area (Å²) < 4.78 is 25.9. The van der Waals surface area contributed by atoms with Crippen LogP contribution in [0, 0.1) is 0 Å². The number of hydrogen-bond acceptors (Lipinski definition) is 7. The van der Waals surface area contributed by atoms with Crippen LogP contribution in [0.4, 0.5) is 5.69 Å². The molecule has 2 aromatic rings. The third-order valence-corrected chi connectivity index (χ3v) is 3.24. The van der Waals surface area contributed by atoms with Gasteiger partial charge in [-0.3, -0.25) is 0 Å². The molecule has 2 heterocycles. The normalized spacial score (nSPS) is 11.5. The lowest BCUT2D eigenvalue weighted by Crippen LogP contribution is -2.25. The highest BCUT2D eigenvalue weighted by atomic mass is 32.2. The highest BCUT2D eigenvalue weighted by Crippen LogP contribution is 2.13. The number of pyridine rings is 1. The molecule has 2 rings (SSSR count). The van der Waals surface area contributed by atoms with E-state index >= 15 is 0 Å². The smallest absolute Gasteiger partial charge is 0.260 e. The first-order chi connectivity index (χ1) is 8.09. The van der Waals surface area contributed by atoms with Crippen LogP contribution in [0.3, 0.4) is 0 Å². The van der Waals surface area contributed by atoms with Gasteiger partial charge in [0, 0.05) is 6.20 Å². The number of nitrogens with one attached hydrogen (secondary N) is 2. The molecule has 17 heavy (non-hydrogen) atoms. The molecule has 0 aliphatic rings. The van der Waals surface area contributed by atoms with E-state index in [4.69, 9.17) is 5.73 Å². The Hall–Kier alpha value is -2.07. The lowest BCUT2D eigenvalue weighted by atomic mass is 10.4. The lowest BCUT2D eigenvalue weighted by Gasteiger charge is -2.05. The van der Waals surface area contributed by atoms with Gasteiger partial charge in [0.15, 0.2) is 10.9 Å². The van der Waals surface area contributed by atoms with Gasteiger partial charge in [-0.25, -0.2) is 18.1 Å². The minimum Gasteiger partial charge on any atom is -0.396 e. The van der Waals surface area contributed by atoms with E-state index < -0.39 is 10.0 Å². The summed E-state index contributed by atoms with van der Waals surface area (Å²) >= 11 is 0. The Bertz CT molecular complexity index is 594. The predicted molar refractivity (Wildman–Crippen MR) is 56.9 cm³/mol. The maximum atomic E-state index is 11.8. The lowest BCUT2D eigenvalue weighted by molar-refractivity contribution is 0.576. The van der Waals surface area contributed by atoms with Gasteiger partial charge in [0.1, 0.15) is 0 Å². The van der Waals surface area contributed by atoms with Crippen molar-refractivity contribution in [3.63, 3.8) is 0 Å². The molecule has 0 saturated carbocycles. The molecule has 0 amide bonds. The van der Waals surface area contributed by atoms with Gasteiger partial charge >= 0.3 is 0 Å². The van der Waals surface area contributed by atoms with Crippen molar-refractivity contribution in [1.82, 2.24) is 30.3 Å². The summed E-state index contributed by atoms with van der Waals surface area (Å²) in [5.41, 5.74) is 5.60. The fraction of sp³-hybridized carbons (Fsp3) is 0.143. The Morgan fingerprint density at radius 2 is 2.29 bits per heavy atom. The molecule has 0 radical (unpaired) electrons. The first-order valence-corrected chi connectivity index (χ1v) is 6.00. The van der Waals surface area contributed by atoms with E-state index in [-0.39, 0.29) is 23.1 Å². The summed E-state index contributed by atoms with van der Waals surface area (Å²) in [5, 5.41) is 12.5. The number of aromatic amines is 1. The van der Waals surface area contributed by atoms with E-state index in [0.717, 1.165) is 0 Å². The van der Waals surface area contributed by atoms with E-state index in [1.165, 1.54) is 12.3 Å². The largest absolute Gasteiger partial charge is 0.396 e. The molecular formula is C7H9N7O2S. The zero-order valence-electron chi connectivity index (χ0n) is 8.53.